The second-order valence-electron chi connectivity index (χ2n) is 6.04. The molecule has 0 saturated heterocycles. The van der Waals surface area contributed by atoms with E-state index in [2.05, 4.69) is 39.0 Å². The molecule has 0 aliphatic carbocycles. The van der Waals surface area contributed by atoms with Gasteiger partial charge in [0.1, 0.15) is 0 Å². The van der Waals surface area contributed by atoms with Gasteiger partial charge < -0.3 is 4.74 Å². The van der Waals surface area contributed by atoms with Crippen molar-refractivity contribution in [3.8, 4) is 16.9 Å². The summed E-state index contributed by atoms with van der Waals surface area (Å²) in [5.74, 6) is 0.494. The van der Waals surface area contributed by atoms with Crippen LogP contribution in [0.25, 0.3) is 11.1 Å². The van der Waals surface area contributed by atoms with E-state index in [4.69, 9.17) is 4.74 Å². The Morgan fingerprint density at radius 1 is 0.905 bits per heavy atom. The van der Waals surface area contributed by atoms with Crippen molar-refractivity contribution >= 4 is 0 Å². The van der Waals surface area contributed by atoms with Crippen LogP contribution in [0.1, 0.15) is 44.7 Å². The highest BCUT2D eigenvalue weighted by Gasteiger charge is 2.09. The summed E-state index contributed by atoms with van der Waals surface area (Å²) in [6, 6.07) is 11.5. The third-order valence-electron chi connectivity index (χ3n) is 3.52. The van der Waals surface area contributed by atoms with Crippen molar-refractivity contribution in [1.82, 2.24) is 0 Å². The molecule has 0 amide bonds. The maximum Gasteiger partial charge on any atom is 0.165 e. The molecule has 0 spiro atoms. The zero-order valence-electron chi connectivity index (χ0n) is 13.4. The van der Waals surface area contributed by atoms with Crippen LogP contribution in [-0.2, 0) is 0 Å². The standard InChI is InChI=1S/C19H23FO/c1-12(2)17-8-6-15(10-14(17)5)16-7-9-19(18(20)11-16)21-13(3)4/h6-13H,1-5H3. The molecular formula is C19H23FO. The summed E-state index contributed by atoms with van der Waals surface area (Å²) in [6.45, 7) is 10.2. The van der Waals surface area contributed by atoms with E-state index in [0.29, 0.717) is 11.7 Å². The third-order valence-corrected chi connectivity index (χ3v) is 3.52. The average Bonchev–Trinajstić information content (AvgIpc) is 2.40. The Morgan fingerprint density at radius 2 is 1.52 bits per heavy atom. The van der Waals surface area contributed by atoms with Gasteiger partial charge in [0.25, 0.3) is 0 Å². The minimum Gasteiger partial charge on any atom is -0.488 e. The Bertz CT molecular complexity index is 629. The maximum atomic E-state index is 14.1. The Labute approximate surface area is 126 Å². The van der Waals surface area contributed by atoms with Crippen LogP contribution < -0.4 is 4.74 Å². The van der Waals surface area contributed by atoms with Gasteiger partial charge >= 0.3 is 0 Å². The molecule has 2 aromatic carbocycles. The summed E-state index contributed by atoms with van der Waals surface area (Å²) >= 11 is 0. The number of halogens is 1. The van der Waals surface area contributed by atoms with Crippen molar-refractivity contribution in [3.05, 3.63) is 53.3 Å². The van der Waals surface area contributed by atoms with E-state index in [9.17, 15) is 4.39 Å². The van der Waals surface area contributed by atoms with Crippen LogP contribution in [0, 0.1) is 12.7 Å². The minimum atomic E-state index is -0.313. The molecule has 0 aliphatic heterocycles. The topological polar surface area (TPSA) is 9.23 Å². The molecule has 0 N–H and O–H groups in total. The van der Waals surface area contributed by atoms with Crippen LogP contribution in [0.2, 0.25) is 0 Å². The lowest BCUT2D eigenvalue weighted by Gasteiger charge is -2.13. The first-order chi connectivity index (χ1) is 9.88. The summed E-state index contributed by atoms with van der Waals surface area (Å²) in [5, 5.41) is 0. The van der Waals surface area contributed by atoms with E-state index in [-0.39, 0.29) is 11.9 Å². The predicted octanol–water partition coefficient (Wildman–Crippen LogP) is 5.71. The Kier molecular flexibility index (Phi) is 4.66. The van der Waals surface area contributed by atoms with Gasteiger partial charge in [0, 0.05) is 0 Å². The Morgan fingerprint density at radius 3 is 2.05 bits per heavy atom. The number of hydrogen-bond acceptors (Lipinski definition) is 1. The summed E-state index contributed by atoms with van der Waals surface area (Å²) in [6.07, 6.45) is -0.0297. The van der Waals surface area contributed by atoms with Gasteiger partial charge in [-0.3, -0.25) is 0 Å². The smallest absolute Gasteiger partial charge is 0.165 e. The summed E-state index contributed by atoms with van der Waals surface area (Å²) in [5.41, 5.74) is 4.48. The fraction of sp³-hybridized carbons (Fsp3) is 0.368. The second kappa shape index (κ2) is 6.30. The first kappa shape index (κ1) is 15.6. The maximum absolute atomic E-state index is 14.1. The fourth-order valence-electron chi connectivity index (χ4n) is 2.53. The lowest BCUT2D eigenvalue weighted by atomic mass is 9.94. The summed E-state index contributed by atoms with van der Waals surface area (Å²) in [4.78, 5) is 0. The van der Waals surface area contributed by atoms with Crippen LogP contribution in [0.3, 0.4) is 0 Å². The van der Waals surface area contributed by atoms with Crippen molar-refractivity contribution in [2.75, 3.05) is 0 Å². The van der Waals surface area contributed by atoms with E-state index in [0.717, 1.165) is 11.1 Å². The van der Waals surface area contributed by atoms with Crippen molar-refractivity contribution in [2.24, 2.45) is 0 Å². The van der Waals surface area contributed by atoms with Gasteiger partial charge in [0.15, 0.2) is 11.6 Å². The first-order valence-corrected chi connectivity index (χ1v) is 7.45. The van der Waals surface area contributed by atoms with E-state index in [1.165, 1.54) is 11.1 Å². The second-order valence-corrected chi connectivity index (χ2v) is 6.04. The Balaban J connectivity index is 2.34. The van der Waals surface area contributed by atoms with Crippen LogP contribution in [0.15, 0.2) is 36.4 Å². The molecule has 0 saturated carbocycles. The zero-order chi connectivity index (χ0) is 15.6. The lowest BCUT2D eigenvalue weighted by molar-refractivity contribution is 0.231. The molecule has 0 heterocycles. The highest BCUT2D eigenvalue weighted by atomic mass is 19.1. The molecule has 0 fully saturated rings. The number of benzene rings is 2. The fourth-order valence-corrected chi connectivity index (χ4v) is 2.53. The molecule has 2 rings (SSSR count). The molecule has 2 heteroatoms. The molecule has 1 nitrogen and oxygen atoms in total. The molecule has 21 heavy (non-hydrogen) atoms. The normalized spacial score (nSPS) is 11.2. The average molecular weight is 286 g/mol. The zero-order valence-corrected chi connectivity index (χ0v) is 13.4. The van der Waals surface area contributed by atoms with Gasteiger partial charge in [-0.25, -0.2) is 4.39 Å². The number of aryl methyl sites for hydroxylation is 1. The quantitative estimate of drug-likeness (QED) is 0.699. The minimum absolute atomic E-state index is 0.0297. The van der Waals surface area contributed by atoms with Gasteiger partial charge in [-0.2, -0.15) is 0 Å². The molecule has 112 valence electrons. The molecule has 0 atom stereocenters. The SMILES string of the molecule is Cc1cc(-c2ccc(OC(C)C)c(F)c2)ccc1C(C)C. The van der Waals surface area contributed by atoms with Crippen molar-refractivity contribution in [3.63, 3.8) is 0 Å². The van der Waals surface area contributed by atoms with Gasteiger partial charge in [-0.05, 0) is 61.1 Å². The highest BCUT2D eigenvalue weighted by Crippen LogP contribution is 2.29. The van der Waals surface area contributed by atoms with E-state index in [1.54, 1.807) is 12.1 Å². The van der Waals surface area contributed by atoms with Crippen molar-refractivity contribution in [1.29, 1.82) is 0 Å². The van der Waals surface area contributed by atoms with Gasteiger partial charge in [0.2, 0.25) is 0 Å². The molecule has 0 unspecified atom stereocenters. The lowest BCUT2D eigenvalue weighted by Crippen LogP contribution is -2.06. The summed E-state index contributed by atoms with van der Waals surface area (Å²) < 4.78 is 19.5. The molecule has 0 aromatic heterocycles. The third kappa shape index (κ3) is 3.63. The largest absolute Gasteiger partial charge is 0.488 e. The van der Waals surface area contributed by atoms with E-state index >= 15 is 0 Å². The molecular weight excluding hydrogens is 263 g/mol. The molecule has 2 aromatic rings. The van der Waals surface area contributed by atoms with Gasteiger partial charge in [-0.1, -0.05) is 38.1 Å². The number of rotatable bonds is 4. The monoisotopic (exact) mass is 286 g/mol. The molecule has 0 aliphatic rings. The predicted molar refractivity (Wildman–Crippen MR) is 86.4 cm³/mol. The van der Waals surface area contributed by atoms with Crippen LogP contribution >= 0.6 is 0 Å². The molecule has 0 bridgehead atoms. The Hall–Kier alpha value is -1.83. The van der Waals surface area contributed by atoms with E-state index < -0.39 is 0 Å². The van der Waals surface area contributed by atoms with Crippen LogP contribution in [0.5, 0.6) is 5.75 Å². The molecule has 0 radical (unpaired) electrons. The van der Waals surface area contributed by atoms with Crippen LogP contribution in [0.4, 0.5) is 4.39 Å². The van der Waals surface area contributed by atoms with Gasteiger partial charge in [-0.15, -0.1) is 0 Å². The summed E-state index contributed by atoms with van der Waals surface area (Å²) in [7, 11) is 0. The highest BCUT2D eigenvalue weighted by molar-refractivity contribution is 5.66. The van der Waals surface area contributed by atoms with Crippen molar-refractivity contribution < 1.29 is 9.13 Å². The number of hydrogen-bond donors (Lipinski definition) is 0. The van der Waals surface area contributed by atoms with E-state index in [1.807, 2.05) is 19.9 Å². The van der Waals surface area contributed by atoms with Gasteiger partial charge in [0.05, 0.1) is 6.10 Å². The van der Waals surface area contributed by atoms with Crippen molar-refractivity contribution in [2.45, 2.75) is 46.6 Å². The van der Waals surface area contributed by atoms with Crippen LogP contribution in [-0.4, -0.2) is 6.10 Å². The first-order valence-electron chi connectivity index (χ1n) is 7.45. The number of ether oxygens (including phenoxy) is 1.